The molecule has 1 heterocycles. The van der Waals surface area contributed by atoms with Crippen LogP contribution in [0.5, 0.6) is 0 Å². The van der Waals surface area contributed by atoms with Crippen molar-refractivity contribution in [3.8, 4) is 0 Å². The second-order valence-corrected chi connectivity index (χ2v) is 13.0. The van der Waals surface area contributed by atoms with Crippen molar-refractivity contribution < 1.29 is 38.6 Å². The minimum atomic E-state index is -1.37. The standard InChI is InChI=1S/C25H39N3O7.C10H8N2O/c1-24(2,3)34-22(32)28(23(33)35-25(4,5)6)19(13-10-16-26)20(29)27-18(21(30)31)15-14-17-11-8-7-9-12-17;11-10(13)8-5-7-3-1-2-4-9(7)12-6-8/h7-9,11-12,18-19H,10,13-16,26H2,1-6H3,(H,27,29)(H,30,31);1-6H,(H2,11,13)/t18-,19+;/m1./s1. The summed E-state index contributed by atoms with van der Waals surface area (Å²) in [5, 5.41) is 13.1. The van der Waals surface area contributed by atoms with Crippen LogP contribution in [0.15, 0.2) is 66.9 Å². The van der Waals surface area contributed by atoms with Gasteiger partial charge in [0.25, 0.3) is 0 Å². The molecule has 13 heteroatoms. The number of rotatable bonds is 11. The minimum absolute atomic E-state index is 0.00580. The number of benzene rings is 2. The largest absolute Gasteiger partial charge is 0.480 e. The maximum Gasteiger partial charge on any atom is 0.420 e. The van der Waals surface area contributed by atoms with E-state index in [1.54, 1.807) is 47.6 Å². The first kappa shape index (κ1) is 39.1. The van der Waals surface area contributed by atoms with Gasteiger partial charge in [-0.1, -0.05) is 48.5 Å². The molecular weight excluding hydrogens is 618 g/mol. The van der Waals surface area contributed by atoms with Crippen molar-refractivity contribution in [1.29, 1.82) is 0 Å². The number of primary amides is 1. The van der Waals surface area contributed by atoms with Crippen LogP contribution >= 0.6 is 0 Å². The lowest BCUT2D eigenvalue weighted by molar-refractivity contribution is -0.142. The molecule has 48 heavy (non-hydrogen) atoms. The maximum atomic E-state index is 13.3. The van der Waals surface area contributed by atoms with Crippen LogP contribution in [0, 0.1) is 0 Å². The van der Waals surface area contributed by atoms with Crippen molar-refractivity contribution in [1.82, 2.24) is 15.2 Å². The van der Waals surface area contributed by atoms with E-state index in [0.29, 0.717) is 23.3 Å². The smallest absolute Gasteiger partial charge is 0.420 e. The summed E-state index contributed by atoms with van der Waals surface area (Å²) in [6.45, 7) is 9.92. The van der Waals surface area contributed by atoms with Crippen LogP contribution in [0.4, 0.5) is 9.59 Å². The van der Waals surface area contributed by atoms with Crippen LogP contribution in [0.3, 0.4) is 0 Å². The lowest BCUT2D eigenvalue weighted by Crippen LogP contribution is -2.57. The van der Waals surface area contributed by atoms with Crippen molar-refractivity contribution in [2.75, 3.05) is 6.54 Å². The number of amides is 4. The van der Waals surface area contributed by atoms with Gasteiger partial charge in [0.15, 0.2) is 0 Å². The monoisotopic (exact) mass is 665 g/mol. The molecule has 0 aliphatic heterocycles. The number of pyridine rings is 1. The number of carbonyl (C=O) groups excluding carboxylic acids is 4. The predicted molar refractivity (Wildman–Crippen MR) is 181 cm³/mol. The highest BCUT2D eigenvalue weighted by Gasteiger charge is 2.41. The molecule has 2 atom stereocenters. The van der Waals surface area contributed by atoms with Gasteiger partial charge in [-0.05, 0) is 91.5 Å². The number of nitrogens with one attached hydrogen (secondary N) is 1. The summed E-state index contributed by atoms with van der Waals surface area (Å²) in [6.07, 6.45) is 0.180. The summed E-state index contributed by atoms with van der Waals surface area (Å²) in [5.74, 6) is -2.48. The van der Waals surface area contributed by atoms with Gasteiger partial charge in [-0.2, -0.15) is 4.90 Å². The lowest BCUT2D eigenvalue weighted by Gasteiger charge is -2.33. The third kappa shape index (κ3) is 13.4. The summed E-state index contributed by atoms with van der Waals surface area (Å²) in [7, 11) is 0. The van der Waals surface area contributed by atoms with Crippen molar-refractivity contribution in [2.24, 2.45) is 11.5 Å². The Balaban J connectivity index is 0.000000505. The van der Waals surface area contributed by atoms with Gasteiger partial charge in [0.2, 0.25) is 11.8 Å². The average molecular weight is 666 g/mol. The number of hydrogen-bond donors (Lipinski definition) is 4. The van der Waals surface area contributed by atoms with Gasteiger partial charge in [0, 0.05) is 11.6 Å². The lowest BCUT2D eigenvalue weighted by atomic mass is 10.0. The number of hydrogen-bond acceptors (Lipinski definition) is 9. The number of fused-ring (bicyclic) bond motifs is 1. The predicted octanol–water partition coefficient (Wildman–Crippen LogP) is 4.80. The second kappa shape index (κ2) is 17.8. The Kier molecular flexibility index (Phi) is 14.5. The van der Waals surface area contributed by atoms with Gasteiger partial charge in [0.1, 0.15) is 23.3 Å². The second-order valence-electron chi connectivity index (χ2n) is 13.0. The van der Waals surface area contributed by atoms with Crippen LogP contribution in [0.25, 0.3) is 10.9 Å². The van der Waals surface area contributed by atoms with Crippen LogP contribution < -0.4 is 16.8 Å². The van der Waals surface area contributed by atoms with Gasteiger partial charge in [0.05, 0.1) is 11.1 Å². The van der Waals surface area contributed by atoms with Gasteiger partial charge in [-0.15, -0.1) is 0 Å². The fourth-order valence-electron chi connectivity index (χ4n) is 4.33. The number of carbonyl (C=O) groups is 5. The summed E-state index contributed by atoms with van der Waals surface area (Å²) < 4.78 is 10.7. The van der Waals surface area contributed by atoms with Crippen molar-refractivity contribution in [3.05, 3.63) is 78.0 Å². The first-order chi connectivity index (χ1) is 22.4. The number of aromatic nitrogens is 1. The fraction of sp³-hybridized carbons (Fsp3) is 0.429. The molecule has 0 fully saturated rings. The normalized spacial score (nSPS) is 12.5. The number of ether oxygens (including phenoxy) is 2. The Bertz CT molecular complexity index is 1520. The summed E-state index contributed by atoms with van der Waals surface area (Å²) >= 11 is 0. The molecule has 3 rings (SSSR count). The highest BCUT2D eigenvalue weighted by atomic mass is 16.6. The first-order valence-electron chi connectivity index (χ1n) is 15.6. The zero-order chi connectivity index (χ0) is 36.1. The molecule has 0 aliphatic rings. The van der Waals surface area contributed by atoms with Crippen LogP contribution in [0.2, 0.25) is 0 Å². The maximum absolute atomic E-state index is 13.3. The molecule has 4 amide bonds. The first-order valence-corrected chi connectivity index (χ1v) is 15.6. The zero-order valence-electron chi connectivity index (χ0n) is 28.4. The Morgan fingerprint density at radius 1 is 0.875 bits per heavy atom. The third-order valence-electron chi connectivity index (χ3n) is 6.53. The molecule has 0 saturated carbocycles. The SMILES string of the molecule is CC(C)(C)OC(=O)N(C(=O)OC(C)(C)C)[C@@H](CCCN)C(=O)N[C@H](CCc1ccccc1)C(=O)O.NC(=O)c1cnc2ccccc2c1. The molecule has 0 aliphatic carbocycles. The molecule has 0 unspecified atom stereocenters. The molecule has 1 aromatic heterocycles. The van der Waals surface area contributed by atoms with E-state index in [0.717, 1.165) is 16.5 Å². The van der Waals surface area contributed by atoms with Crippen LogP contribution in [-0.4, -0.2) is 74.8 Å². The number of aryl methyl sites for hydroxylation is 1. The fourth-order valence-corrected chi connectivity index (χ4v) is 4.33. The Hall–Kier alpha value is -5.04. The summed E-state index contributed by atoms with van der Waals surface area (Å²) in [6, 6.07) is 16.0. The number of carboxylic acid groups (broad SMARTS) is 1. The van der Waals surface area contributed by atoms with Gasteiger partial charge >= 0.3 is 18.2 Å². The molecule has 0 radical (unpaired) electrons. The average Bonchev–Trinajstić information content (AvgIpc) is 2.99. The van der Waals surface area contributed by atoms with Crippen LogP contribution in [0.1, 0.15) is 76.7 Å². The molecule has 0 spiro atoms. The number of aliphatic carboxylic acids is 1. The number of para-hydroxylation sites is 1. The Morgan fingerprint density at radius 3 is 1.96 bits per heavy atom. The topological polar surface area (TPSA) is 204 Å². The molecule has 0 saturated heterocycles. The van der Waals surface area contributed by atoms with Gasteiger partial charge in [-0.3, -0.25) is 14.6 Å². The minimum Gasteiger partial charge on any atom is -0.480 e. The summed E-state index contributed by atoms with van der Waals surface area (Å²) in [4.78, 5) is 66.7. The van der Waals surface area contributed by atoms with E-state index in [1.165, 1.54) is 6.20 Å². The molecule has 6 N–H and O–H groups in total. The van der Waals surface area contributed by atoms with E-state index >= 15 is 0 Å². The van der Waals surface area contributed by atoms with Gasteiger partial charge in [-0.25, -0.2) is 14.4 Å². The highest BCUT2D eigenvalue weighted by Crippen LogP contribution is 2.20. The van der Waals surface area contributed by atoms with Crippen LogP contribution in [-0.2, 0) is 25.5 Å². The van der Waals surface area contributed by atoms with E-state index in [4.69, 9.17) is 20.9 Å². The quantitative estimate of drug-likeness (QED) is 0.220. The van der Waals surface area contributed by atoms with E-state index < -0.39 is 53.3 Å². The van der Waals surface area contributed by atoms with E-state index in [-0.39, 0.29) is 19.4 Å². The number of nitrogens with zero attached hydrogens (tertiary/aromatic N) is 2. The van der Waals surface area contributed by atoms with Crippen molar-refractivity contribution in [3.63, 3.8) is 0 Å². The molecule has 13 nitrogen and oxygen atoms in total. The van der Waals surface area contributed by atoms with Crippen molar-refractivity contribution >= 4 is 40.9 Å². The zero-order valence-corrected chi connectivity index (χ0v) is 28.4. The molecule has 0 bridgehead atoms. The van der Waals surface area contributed by atoms with Crippen molar-refractivity contribution in [2.45, 2.75) is 90.5 Å². The van der Waals surface area contributed by atoms with Gasteiger partial charge < -0.3 is 31.4 Å². The number of imide groups is 1. The number of carboxylic acids is 1. The van der Waals surface area contributed by atoms with E-state index in [1.807, 2.05) is 54.6 Å². The molecule has 3 aromatic rings. The molecule has 2 aromatic carbocycles. The third-order valence-corrected chi connectivity index (χ3v) is 6.53. The van der Waals surface area contributed by atoms with E-state index in [2.05, 4.69) is 10.3 Å². The molecule has 260 valence electrons. The van der Waals surface area contributed by atoms with E-state index in [9.17, 15) is 29.1 Å². The Morgan fingerprint density at radius 2 is 1.44 bits per heavy atom. The number of nitrogens with two attached hydrogens (primary N) is 2. The Labute approximate surface area is 281 Å². The summed E-state index contributed by atoms with van der Waals surface area (Å²) in [5.41, 5.74) is 11.1. The molecular formula is C35H47N5O8. The highest BCUT2D eigenvalue weighted by molar-refractivity contribution is 5.97.